The van der Waals surface area contributed by atoms with Gasteiger partial charge in [-0.2, -0.15) is 0 Å². The second kappa shape index (κ2) is 9.60. The summed E-state index contributed by atoms with van der Waals surface area (Å²) in [6, 6.07) is 20.7. The van der Waals surface area contributed by atoms with Gasteiger partial charge in [-0.15, -0.1) is 0 Å². The Morgan fingerprint density at radius 3 is 2.10 bits per heavy atom. The molecule has 152 valence electrons. The molecule has 3 aromatic carbocycles. The van der Waals surface area contributed by atoms with Gasteiger partial charge >= 0.3 is 5.97 Å². The Balaban J connectivity index is 1.64. The molecule has 0 aliphatic carbocycles. The smallest absolute Gasteiger partial charge is 0.339 e. The number of ether oxygens (including phenoxy) is 1. The molecule has 0 saturated heterocycles. The Hall–Kier alpha value is -3.80. The van der Waals surface area contributed by atoms with Crippen molar-refractivity contribution >= 4 is 17.7 Å². The average molecular weight is 405 g/mol. The maximum atomic E-state index is 13.0. The van der Waals surface area contributed by atoms with E-state index in [2.05, 4.69) is 0 Å². The van der Waals surface area contributed by atoms with Crippen molar-refractivity contribution in [2.75, 3.05) is 13.7 Å². The minimum atomic E-state index is -0.751. The van der Waals surface area contributed by atoms with Crippen LogP contribution >= 0.6 is 0 Å². The van der Waals surface area contributed by atoms with Gasteiger partial charge in [-0.3, -0.25) is 9.59 Å². The Kier molecular flexibility index (Phi) is 6.70. The predicted octanol–water partition coefficient (Wildman–Crippen LogP) is 3.87. The predicted molar refractivity (Wildman–Crippen MR) is 109 cm³/mol. The molecule has 0 atom stereocenters. The third-order valence-electron chi connectivity index (χ3n) is 4.51. The second-order valence-electron chi connectivity index (χ2n) is 6.69. The number of carbonyl (C=O) groups excluding carboxylic acids is 3. The van der Waals surface area contributed by atoms with E-state index in [-0.39, 0.29) is 29.3 Å². The van der Waals surface area contributed by atoms with E-state index in [1.54, 1.807) is 67.7 Å². The van der Waals surface area contributed by atoms with Crippen LogP contribution in [0.5, 0.6) is 0 Å². The maximum Gasteiger partial charge on any atom is 0.339 e. The summed E-state index contributed by atoms with van der Waals surface area (Å²) in [6.07, 6.45) is 0. The lowest BCUT2D eigenvalue weighted by molar-refractivity contribution is -0.133. The normalized spacial score (nSPS) is 10.3. The molecule has 0 unspecified atom stereocenters. The molecule has 30 heavy (non-hydrogen) atoms. The largest absolute Gasteiger partial charge is 0.452 e. The summed E-state index contributed by atoms with van der Waals surface area (Å²) in [5.74, 6) is -1.83. The zero-order chi connectivity index (χ0) is 21.5. The van der Waals surface area contributed by atoms with Crippen LogP contribution in [0.3, 0.4) is 0 Å². The van der Waals surface area contributed by atoms with Crippen molar-refractivity contribution in [1.29, 1.82) is 0 Å². The highest BCUT2D eigenvalue weighted by Gasteiger charge is 2.20. The molecule has 0 aromatic heterocycles. The fourth-order valence-electron chi connectivity index (χ4n) is 2.87. The highest BCUT2D eigenvalue weighted by Crippen LogP contribution is 2.16. The lowest BCUT2D eigenvalue weighted by Gasteiger charge is -2.17. The number of carbonyl (C=O) groups is 3. The van der Waals surface area contributed by atoms with Crippen LogP contribution in [-0.2, 0) is 16.1 Å². The average Bonchev–Trinajstić information content (AvgIpc) is 2.78. The molecule has 0 N–H and O–H groups in total. The van der Waals surface area contributed by atoms with Crippen LogP contribution < -0.4 is 0 Å². The van der Waals surface area contributed by atoms with E-state index >= 15 is 0 Å². The van der Waals surface area contributed by atoms with Gasteiger partial charge in [0.1, 0.15) is 5.82 Å². The van der Waals surface area contributed by atoms with Gasteiger partial charge in [0, 0.05) is 24.7 Å². The lowest BCUT2D eigenvalue weighted by atomic mass is 9.98. The van der Waals surface area contributed by atoms with Gasteiger partial charge in [0.15, 0.2) is 12.4 Å². The van der Waals surface area contributed by atoms with Crippen molar-refractivity contribution < 1.29 is 23.5 Å². The lowest BCUT2D eigenvalue weighted by Crippen LogP contribution is -2.31. The monoisotopic (exact) mass is 405 g/mol. The van der Waals surface area contributed by atoms with Crippen molar-refractivity contribution in [3.63, 3.8) is 0 Å². The van der Waals surface area contributed by atoms with E-state index in [0.29, 0.717) is 5.56 Å². The number of nitrogens with zero attached hydrogens (tertiary/aromatic N) is 1. The van der Waals surface area contributed by atoms with Gasteiger partial charge in [0.05, 0.1) is 5.56 Å². The van der Waals surface area contributed by atoms with Crippen LogP contribution in [-0.4, -0.2) is 36.2 Å². The Morgan fingerprint density at radius 2 is 1.43 bits per heavy atom. The van der Waals surface area contributed by atoms with E-state index in [9.17, 15) is 18.8 Å². The first-order valence-corrected chi connectivity index (χ1v) is 9.30. The first-order valence-electron chi connectivity index (χ1n) is 9.30. The Labute approximate surface area is 173 Å². The zero-order valence-electron chi connectivity index (χ0n) is 16.4. The third-order valence-corrected chi connectivity index (χ3v) is 4.51. The van der Waals surface area contributed by atoms with Crippen molar-refractivity contribution in [3.05, 3.63) is 107 Å². The summed E-state index contributed by atoms with van der Waals surface area (Å²) in [7, 11) is 1.56. The van der Waals surface area contributed by atoms with Gasteiger partial charge in [-0.25, -0.2) is 9.18 Å². The number of hydrogen-bond donors (Lipinski definition) is 0. The summed E-state index contributed by atoms with van der Waals surface area (Å²) in [6.45, 7) is -0.218. The van der Waals surface area contributed by atoms with E-state index < -0.39 is 18.5 Å². The molecule has 0 saturated carbocycles. The molecule has 0 spiro atoms. The van der Waals surface area contributed by atoms with E-state index in [1.165, 1.54) is 23.1 Å². The molecule has 0 fully saturated rings. The summed E-state index contributed by atoms with van der Waals surface area (Å²) in [4.78, 5) is 38.9. The molecular formula is C24H20FNO4. The standard InChI is InChI=1S/C24H20FNO4/c1-26(15-17-11-13-19(25)14-12-17)22(27)16-30-24(29)21-10-6-5-9-20(21)23(28)18-7-3-2-4-8-18/h2-14H,15-16H2,1H3. The van der Waals surface area contributed by atoms with Crippen LogP contribution in [0.2, 0.25) is 0 Å². The quantitative estimate of drug-likeness (QED) is 0.442. The molecule has 6 heteroatoms. The number of esters is 1. The molecule has 0 heterocycles. The number of halogens is 1. The highest BCUT2D eigenvalue weighted by atomic mass is 19.1. The molecule has 0 bridgehead atoms. The number of likely N-dealkylation sites (N-methyl/N-ethyl adjacent to an activating group) is 1. The van der Waals surface area contributed by atoms with E-state index in [1.807, 2.05) is 0 Å². The van der Waals surface area contributed by atoms with Gasteiger partial charge in [-0.1, -0.05) is 60.7 Å². The molecular weight excluding hydrogens is 385 g/mol. The fourth-order valence-corrected chi connectivity index (χ4v) is 2.87. The summed E-state index contributed by atoms with van der Waals surface area (Å²) < 4.78 is 18.1. The van der Waals surface area contributed by atoms with Gasteiger partial charge in [-0.05, 0) is 23.8 Å². The first kappa shape index (κ1) is 20.9. The molecule has 5 nitrogen and oxygen atoms in total. The highest BCUT2D eigenvalue weighted by molar-refractivity contribution is 6.14. The summed E-state index contributed by atoms with van der Waals surface area (Å²) >= 11 is 0. The topological polar surface area (TPSA) is 63.7 Å². The van der Waals surface area contributed by atoms with Crippen LogP contribution in [0, 0.1) is 5.82 Å². The molecule has 3 aromatic rings. The molecule has 0 aliphatic rings. The summed E-state index contributed by atoms with van der Waals surface area (Å²) in [5.41, 5.74) is 1.51. The second-order valence-corrected chi connectivity index (χ2v) is 6.69. The van der Waals surface area contributed by atoms with Crippen molar-refractivity contribution in [3.8, 4) is 0 Å². The zero-order valence-corrected chi connectivity index (χ0v) is 16.4. The van der Waals surface area contributed by atoms with E-state index in [4.69, 9.17) is 4.74 Å². The minimum absolute atomic E-state index is 0.0975. The van der Waals surface area contributed by atoms with Crippen molar-refractivity contribution in [2.45, 2.75) is 6.54 Å². The van der Waals surface area contributed by atoms with Gasteiger partial charge < -0.3 is 9.64 Å². The molecule has 0 radical (unpaired) electrons. The number of hydrogen-bond acceptors (Lipinski definition) is 4. The minimum Gasteiger partial charge on any atom is -0.452 e. The van der Waals surface area contributed by atoms with Gasteiger partial charge in [0.25, 0.3) is 5.91 Å². The third kappa shape index (κ3) is 5.17. The van der Waals surface area contributed by atoms with E-state index in [0.717, 1.165) is 5.56 Å². The first-order chi connectivity index (χ1) is 14.5. The number of rotatable bonds is 7. The Bertz CT molecular complexity index is 1050. The number of ketones is 1. The molecule has 1 amide bonds. The van der Waals surface area contributed by atoms with Crippen LogP contribution in [0.15, 0.2) is 78.9 Å². The van der Waals surface area contributed by atoms with Crippen molar-refractivity contribution in [2.24, 2.45) is 0 Å². The number of amides is 1. The maximum absolute atomic E-state index is 13.0. The van der Waals surface area contributed by atoms with Crippen molar-refractivity contribution in [1.82, 2.24) is 4.90 Å². The van der Waals surface area contributed by atoms with Gasteiger partial charge in [0.2, 0.25) is 0 Å². The molecule has 0 aliphatic heterocycles. The van der Waals surface area contributed by atoms with Crippen LogP contribution in [0.25, 0.3) is 0 Å². The fraction of sp³-hybridized carbons (Fsp3) is 0.125. The SMILES string of the molecule is CN(Cc1ccc(F)cc1)C(=O)COC(=O)c1ccccc1C(=O)c1ccccc1. The van der Waals surface area contributed by atoms with Crippen LogP contribution in [0.4, 0.5) is 4.39 Å². The molecule has 3 rings (SSSR count). The van der Waals surface area contributed by atoms with Crippen LogP contribution in [0.1, 0.15) is 31.8 Å². The Morgan fingerprint density at radius 1 is 0.833 bits per heavy atom. The summed E-state index contributed by atoms with van der Waals surface area (Å²) in [5, 5.41) is 0. The number of benzene rings is 3.